The third-order valence-electron chi connectivity index (χ3n) is 3.50. The average molecular weight is 254 g/mol. The van der Waals surface area contributed by atoms with Gasteiger partial charge in [-0.15, -0.1) is 0 Å². The monoisotopic (exact) mass is 254 g/mol. The first-order valence-electron chi connectivity index (χ1n) is 5.83. The number of carbonyl (C=O) groups is 1. The molecule has 1 aliphatic carbocycles. The summed E-state index contributed by atoms with van der Waals surface area (Å²) in [7, 11) is 1.59. The van der Waals surface area contributed by atoms with Gasteiger partial charge in [-0.05, 0) is 36.2 Å². The third-order valence-corrected chi connectivity index (χ3v) is 4.32. The number of anilines is 2. The number of hydrogen-bond acceptors (Lipinski definition) is 5. The first kappa shape index (κ1) is 12.2. The zero-order valence-corrected chi connectivity index (χ0v) is 11.0. The van der Waals surface area contributed by atoms with Gasteiger partial charge in [0.25, 0.3) is 5.91 Å². The second-order valence-electron chi connectivity index (χ2n) is 4.56. The SMILES string of the molecule is CCC1(CNc2snc(N)c2C(=O)NC)CC1. The van der Waals surface area contributed by atoms with Gasteiger partial charge in [-0.2, -0.15) is 4.37 Å². The number of hydrogen-bond donors (Lipinski definition) is 3. The molecule has 0 spiro atoms. The third kappa shape index (κ3) is 2.36. The molecule has 5 nitrogen and oxygen atoms in total. The van der Waals surface area contributed by atoms with Gasteiger partial charge in [0.2, 0.25) is 0 Å². The Morgan fingerprint density at radius 1 is 1.59 bits per heavy atom. The Morgan fingerprint density at radius 3 is 2.82 bits per heavy atom. The quantitative estimate of drug-likeness (QED) is 0.747. The number of nitrogen functional groups attached to an aromatic ring is 1. The highest BCUT2D eigenvalue weighted by molar-refractivity contribution is 7.11. The lowest BCUT2D eigenvalue weighted by molar-refractivity contribution is 0.0965. The molecule has 2 rings (SSSR count). The van der Waals surface area contributed by atoms with Crippen LogP contribution < -0.4 is 16.4 Å². The van der Waals surface area contributed by atoms with E-state index in [2.05, 4.69) is 21.9 Å². The fraction of sp³-hybridized carbons (Fsp3) is 0.636. The van der Waals surface area contributed by atoms with Crippen LogP contribution in [0.3, 0.4) is 0 Å². The van der Waals surface area contributed by atoms with E-state index >= 15 is 0 Å². The summed E-state index contributed by atoms with van der Waals surface area (Å²) in [4.78, 5) is 11.7. The van der Waals surface area contributed by atoms with Crippen molar-refractivity contribution in [3.05, 3.63) is 5.56 Å². The van der Waals surface area contributed by atoms with Crippen molar-refractivity contribution in [1.82, 2.24) is 9.69 Å². The molecule has 6 heteroatoms. The Balaban J connectivity index is 2.08. The summed E-state index contributed by atoms with van der Waals surface area (Å²) in [5, 5.41) is 6.68. The van der Waals surface area contributed by atoms with Crippen LogP contribution in [0.4, 0.5) is 10.8 Å². The van der Waals surface area contributed by atoms with E-state index in [9.17, 15) is 4.79 Å². The Morgan fingerprint density at radius 2 is 2.29 bits per heavy atom. The molecule has 1 aromatic heterocycles. The number of carbonyl (C=O) groups excluding carboxylic acids is 1. The topological polar surface area (TPSA) is 80.0 Å². The fourth-order valence-corrected chi connectivity index (χ4v) is 2.57. The van der Waals surface area contributed by atoms with Crippen LogP contribution in [-0.2, 0) is 0 Å². The average Bonchev–Trinajstić information content (AvgIpc) is 3.04. The Labute approximate surface area is 105 Å². The summed E-state index contributed by atoms with van der Waals surface area (Å²) < 4.78 is 4.03. The number of nitrogens with zero attached hydrogens (tertiary/aromatic N) is 1. The Hall–Kier alpha value is -1.30. The van der Waals surface area contributed by atoms with Gasteiger partial charge in [0.05, 0.1) is 0 Å². The van der Waals surface area contributed by atoms with E-state index in [1.807, 2.05) is 0 Å². The van der Waals surface area contributed by atoms with Gasteiger partial charge in [0.1, 0.15) is 10.6 Å². The molecule has 0 aliphatic heterocycles. The minimum absolute atomic E-state index is 0.180. The highest BCUT2D eigenvalue weighted by atomic mass is 32.1. The second kappa shape index (κ2) is 4.52. The van der Waals surface area contributed by atoms with Crippen molar-refractivity contribution in [1.29, 1.82) is 0 Å². The molecule has 17 heavy (non-hydrogen) atoms. The molecule has 1 amide bonds. The van der Waals surface area contributed by atoms with Crippen molar-refractivity contribution in [3.8, 4) is 0 Å². The van der Waals surface area contributed by atoms with Gasteiger partial charge < -0.3 is 16.4 Å². The van der Waals surface area contributed by atoms with Crippen LogP contribution >= 0.6 is 11.5 Å². The number of nitrogens with one attached hydrogen (secondary N) is 2. The van der Waals surface area contributed by atoms with Crippen LogP contribution in [0.1, 0.15) is 36.5 Å². The van der Waals surface area contributed by atoms with Crippen molar-refractivity contribution in [2.75, 3.05) is 24.6 Å². The van der Waals surface area contributed by atoms with E-state index < -0.39 is 0 Å². The van der Waals surface area contributed by atoms with Crippen molar-refractivity contribution in [2.24, 2.45) is 5.41 Å². The lowest BCUT2D eigenvalue weighted by Crippen LogP contribution is -2.21. The largest absolute Gasteiger partial charge is 0.382 e. The number of rotatable bonds is 5. The summed E-state index contributed by atoms with van der Waals surface area (Å²) in [5.41, 5.74) is 6.61. The number of aromatic nitrogens is 1. The highest BCUT2D eigenvalue weighted by Crippen LogP contribution is 2.48. The molecule has 94 valence electrons. The molecule has 4 N–H and O–H groups in total. The van der Waals surface area contributed by atoms with Crippen LogP contribution in [0.5, 0.6) is 0 Å². The Kier molecular flexibility index (Phi) is 3.24. The molecule has 1 saturated carbocycles. The standard InChI is InChI=1S/C11H18N4OS/c1-3-11(4-5-11)6-14-10-7(9(16)13-2)8(12)15-17-10/h14H,3-6H2,1-2H3,(H2,12,15)(H,13,16). The van der Waals surface area contributed by atoms with E-state index in [-0.39, 0.29) is 5.91 Å². The van der Waals surface area contributed by atoms with Crippen LogP contribution in [-0.4, -0.2) is 23.9 Å². The molecule has 1 aromatic rings. The molecule has 0 atom stereocenters. The van der Waals surface area contributed by atoms with Crippen molar-refractivity contribution in [3.63, 3.8) is 0 Å². The normalized spacial score (nSPS) is 16.6. The first-order valence-corrected chi connectivity index (χ1v) is 6.60. The smallest absolute Gasteiger partial charge is 0.257 e. The summed E-state index contributed by atoms with van der Waals surface area (Å²) in [5.74, 6) is 0.123. The summed E-state index contributed by atoms with van der Waals surface area (Å²) in [6.07, 6.45) is 3.70. The minimum atomic E-state index is -0.180. The molecule has 1 heterocycles. The molecular weight excluding hydrogens is 236 g/mol. The maximum Gasteiger partial charge on any atom is 0.257 e. The van der Waals surface area contributed by atoms with Gasteiger partial charge in [-0.1, -0.05) is 6.92 Å². The van der Waals surface area contributed by atoms with E-state index in [0.717, 1.165) is 11.5 Å². The van der Waals surface area contributed by atoms with Crippen LogP contribution in [0, 0.1) is 5.41 Å². The summed E-state index contributed by atoms with van der Waals surface area (Å²) in [6.45, 7) is 3.10. The van der Waals surface area contributed by atoms with E-state index in [4.69, 9.17) is 5.73 Å². The van der Waals surface area contributed by atoms with E-state index in [0.29, 0.717) is 16.8 Å². The molecular formula is C11H18N4OS. The van der Waals surface area contributed by atoms with Gasteiger partial charge in [-0.25, -0.2) is 0 Å². The lowest BCUT2D eigenvalue weighted by atomic mass is 10.0. The van der Waals surface area contributed by atoms with Gasteiger partial charge >= 0.3 is 0 Å². The predicted molar refractivity (Wildman–Crippen MR) is 70.4 cm³/mol. The van der Waals surface area contributed by atoms with E-state index in [1.165, 1.54) is 30.8 Å². The van der Waals surface area contributed by atoms with E-state index in [1.54, 1.807) is 7.05 Å². The van der Waals surface area contributed by atoms with Crippen molar-refractivity contribution in [2.45, 2.75) is 26.2 Å². The van der Waals surface area contributed by atoms with Crippen LogP contribution in [0.25, 0.3) is 0 Å². The minimum Gasteiger partial charge on any atom is -0.382 e. The maximum absolute atomic E-state index is 11.7. The number of nitrogens with two attached hydrogens (primary N) is 1. The lowest BCUT2D eigenvalue weighted by Gasteiger charge is -2.13. The summed E-state index contributed by atoms with van der Waals surface area (Å²) in [6, 6.07) is 0. The zero-order valence-electron chi connectivity index (χ0n) is 10.2. The second-order valence-corrected chi connectivity index (χ2v) is 5.33. The summed E-state index contributed by atoms with van der Waals surface area (Å²) >= 11 is 1.25. The molecule has 1 fully saturated rings. The Bertz CT molecular complexity index is 425. The first-order chi connectivity index (χ1) is 8.12. The van der Waals surface area contributed by atoms with Crippen LogP contribution in [0.15, 0.2) is 0 Å². The molecule has 0 aromatic carbocycles. The van der Waals surface area contributed by atoms with Crippen LogP contribution in [0.2, 0.25) is 0 Å². The molecule has 1 aliphatic rings. The van der Waals surface area contributed by atoms with Gasteiger partial charge in [0, 0.05) is 13.6 Å². The zero-order chi connectivity index (χ0) is 12.5. The molecule has 0 radical (unpaired) electrons. The predicted octanol–water partition coefficient (Wildman–Crippen LogP) is 1.69. The van der Waals surface area contributed by atoms with Crippen molar-refractivity contribution >= 4 is 28.3 Å². The number of amides is 1. The molecule has 0 saturated heterocycles. The fourth-order valence-electron chi connectivity index (χ4n) is 1.87. The van der Waals surface area contributed by atoms with Crippen molar-refractivity contribution < 1.29 is 4.79 Å². The molecule has 0 bridgehead atoms. The molecule has 0 unspecified atom stereocenters. The van der Waals surface area contributed by atoms with Gasteiger partial charge in [0.15, 0.2) is 5.82 Å². The van der Waals surface area contributed by atoms with Gasteiger partial charge in [-0.3, -0.25) is 4.79 Å². The highest BCUT2D eigenvalue weighted by Gasteiger charge is 2.40. The maximum atomic E-state index is 11.7.